The second-order valence-corrected chi connectivity index (χ2v) is 6.92. The van der Waals surface area contributed by atoms with Gasteiger partial charge in [0.25, 0.3) is 0 Å². The van der Waals surface area contributed by atoms with Gasteiger partial charge in [0.1, 0.15) is 10.7 Å². The topological polar surface area (TPSA) is 62.3 Å². The maximum atomic E-state index is 11.9. The van der Waals surface area contributed by atoms with Crippen molar-refractivity contribution >= 4 is 15.7 Å². The summed E-state index contributed by atoms with van der Waals surface area (Å²) in [5.74, 6) is 0.598. The van der Waals surface area contributed by atoms with Crippen molar-refractivity contribution in [3.05, 3.63) is 18.3 Å². The third kappa shape index (κ3) is 3.25. The summed E-state index contributed by atoms with van der Waals surface area (Å²) in [6.07, 6.45) is 4.90. The van der Waals surface area contributed by atoms with E-state index in [4.69, 9.17) is 0 Å². The Morgan fingerprint density at radius 3 is 2.89 bits per heavy atom. The first-order valence-corrected chi connectivity index (χ1v) is 8.55. The van der Waals surface area contributed by atoms with Crippen molar-refractivity contribution in [1.82, 2.24) is 10.3 Å². The summed E-state index contributed by atoms with van der Waals surface area (Å²) in [6, 6.07) is 3.65. The smallest absolute Gasteiger partial charge is 0.179 e. The number of sulfone groups is 1. The summed E-state index contributed by atoms with van der Waals surface area (Å²) in [6.45, 7) is 4.79. The molecule has 0 radical (unpaired) electrons. The molecule has 2 heterocycles. The lowest BCUT2D eigenvalue weighted by Crippen LogP contribution is -2.39. The molecule has 0 spiro atoms. The van der Waals surface area contributed by atoms with Gasteiger partial charge in [-0.2, -0.15) is 0 Å². The molecule has 0 aromatic carbocycles. The van der Waals surface area contributed by atoms with E-state index in [0.717, 1.165) is 32.5 Å². The van der Waals surface area contributed by atoms with E-state index in [-0.39, 0.29) is 0 Å². The van der Waals surface area contributed by atoms with Gasteiger partial charge in [0.05, 0.1) is 0 Å². The molecule has 2 rings (SSSR count). The Hall–Kier alpha value is -1.14. The molecule has 1 aromatic heterocycles. The van der Waals surface area contributed by atoms with Crippen molar-refractivity contribution in [1.29, 1.82) is 0 Å². The SMILES string of the molecule is CCCN(c1ncccc1S(C)(=O)=O)C1CCNC1. The van der Waals surface area contributed by atoms with Crippen molar-refractivity contribution in [2.24, 2.45) is 0 Å². The van der Waals surface area contributed by atoms with Crippen LogP contribution < -0.4 is 10.2 Å². The van der Waals surface area contributed by atoms with Crippen LogP contribution in [-0.4, -0.2) is 45.3 Å². The predicted octanol–water partition coefficient (Wildman–Crippen LogP) is 1.06. The van der Waals surface area contributed by atoms with Crippen molar-refractivity contribution < 1.29 is 8.42 Å². The molecule has 0 bridgehead atoms. The minimum absolute atomic E-state index is 0.329. The summed E-state index contributed by atoms with van der Waals surface area (Å²) in [7, 11) is -3.25. The lowest BCUT2D eigenvalue weighted by molar-refractivity contribution is 0.592. The number of anilines is 1. The molecule has 19 heavy (non-hydrogen) atoms. The van der Waals surface area contributed by atoms with Crippen LogP contribution in [0.25, 0.3) is 0 Å². The average molecular weight is 283 g/mol. The second kappa shape index (κ2) is 5.88. The molecule has 5 nitrogen and oxygen atoms in total. The molecule has 1 aliphatic heterocycles. The van der Waals surface area contributed by atoms with E-state index in [0.29, 0.717) is 16.8 Å². The quantitative estimate of drug-likeness (QED) is 0.875. The van der Waals surface area contributed by atoms with Crippen LogP contribution in [0.1, 0.15) is 19.8 Å². The van der Waals surface area contributed by atoms with Crippen LogP contribution >= 0.6 is 0 Å². The minimum atomic E-state index is -3.25. The fourth-order valence-electron chi connectivity index (χ4n) is 2.50. The van der Waals surface area contributed by atoms with Crippen molar-refractivity contribution in [3.8, 4) is 0 Å². The van der Waals surface area contributed by atoms with Gasteiger partial charge >= 0.3 is 0 Å². The summed E-state index contributed by atoms with van der Waals surface area (Å²) in [5, 5.41) is 3.32. The standard InChI is InChI=1S/C13H21N3O2S/c1-3-9-16(11-6-8-14-10-11)13-12(19(2,17)18)5-4-7-15-13/h4-5,7,11,14H,3,6,8-10H2,1-2H3. The van der Waals surface area contributed by atoms with E-state index in [2.05, 4.69) is 22.1 Å². The van der Waals surface area contributed by atoms with Gasteiger partial charge in [-0.3, -0.25) is 0 Å². The highest BCUT2D eigenvalue weighted by atomic mass is 32.2. The Labute approximate surface area is 114 Å². The largest absolute Gasteiger partial charge is 0.351 e. The number of aromatic nitrogens is 1. The molecule has 1 aliphatic rings. The first kappa shape index (κ1) is 14.3. The monoisotopic (exact) mass is 283 g/mol. The molecule has 1 fully saturated rings. The second-order valence-electron chi connectivity index (χ2n) is 4.94. The number of rotatable bonds is 5. The highest BCUT2D eigenvalue weighted by Crippen LogP contribution is 2.26. The third-order valence-corrected chi connectivity index (χ3v) is 4.48. The predicted molar refractivity (Wildman–Crippen MR) is 76.3 cm³/mol. The van der Waals surface area contributed by atoms with Crippen molar-refractivity contribution in [2.75, 3.05) is 30.8 Å². The molecule has 1 N–H and O–H groups in total. The van der Waals surface area contributed by atoms with E-state index >= 15 is 0 Å². The summed E-state index contributed by atoms with van der Waals surface area (Å²) in [5.41, 5.74) is 0. The van der Waals surface area contributed by atoms with E-state index in [1.807, 2.05) is 0 Å². The van der Waals surface area contributed by atoms with Gasteiger partial charge in [0.15, 0.2) is 9.84 Å². The Balaban J connectivity index is 2.41. The molecule has 1 saturated heterocycles. The number of hydrogen-bond donors (Lipinski definition) is 1. The number of nitrogens with zero attached hydrogens (tertiary/aromatic N) is 2. The van der Waals surface area contributed by atoms with E-state index < -0.39 is 9.84 Å². The molecule has 0 aliphatic carbocycles. The minimum Gasteiger partial charge on any atom is -0.351 e. The normalized spacial score (nSPS) is 19.6. The molecule has 0 amide bonds. The Morgan fingerprint density at radius 2 is 2.32 bits per heavy atom. The van der Waals surface area contributed by atoms with Crippen LogP contribution in [0.4, 0.5) is 5.82 Å². The summed E-state index contributed by atoms with van der Waals surface area (Å²) < 4.78 is 23.8. The van der Waals surface area contributed by atoms with E-state index in [1.54, 1.807) is 18.3 Å². The van der Waals surface area contributed by atoms with Crippen LogP contribution in [0.3, 0.4) is 0 Å². The molecule has 0 saturated carbocycles. The zero-order valence-electron chi connectivity index (χ0n) is 11.5. The first-order valence-electron chi connectivity index (χ1n) is 6.66. The fraction of sp³-hybridized carbons (Fsp3) is 0.615. The Morgan fingerprint density at radius 1 is 1.53 bits per heavy atom. The molecule has 106 valence electrons. The molecule has 1 unspecified atom stereocenters. The molecular weight excluding hydrogens is 262 g/mol. The van der Waals surface area contributed by atoms with Gasteiger partial charge in [-0.1, -0.05) is 6.92 Å². The van der Waals surface area contributed by atoms with Crippen LogP contribution in [-0.2, 0) is 9.84 Å². The van der Waals surface area contributed by atoms with E-state index in [9.17, 15) is 8.42 Å². The zero-order chi connectivity index (χ0) is 13.9. The summed E-state index contributed by atoms with van der Waals surface area (Å²) >= 11 is 0. The van der Waals surface area contributed by atoms with Gasteiger partial charge < -0.3 is 10.2 Å². The lowest BCUT2D eigenvalue weighted by atomic mass is 10.2. The van der Waals surface area contributed by atoms with Crippen LogP contribution in [0.5, 0.6) is 0 Å². The van der Waals surface area contributed by atoms with Gasteiger partial charge in [-0.25, -0.2) is 13.4 Å². The maximum absolute atomic E-state index is 11.9. The summed E-state index contributed by atoms with van der Waals surface area (Å²) in [4.78, 5) is 6.79. The molecule has 1 aromatic rings. The average Bonchev–Trinajstić information content (AvgIpc) is 2.88. The van der Waals surface area contributed by atoms with Gasteiger partial charge in [-0.05, 0) is 31.5 Å². The zero-order valence-corrected chi connectivity index (χ0v) is 12.3. The molecule has 1 atom stereocenters. The van der Waals surface area contributed by atoms with Gasteiger partial charge in [-0.15, -0.1) is 0 Å². The third-order valence-electron chi connectivity index (χ3n) is 3.36. The number of nitrogens with one attached hydrogen (secondary N) is 1. The van der Waals surface area contributed by atoms with Crippen LogP contribution in [0, 0.1) is 0 Å². The molecular formula is C13H21N3O2S. The lowest BCUT2D eigenvalue weighted by Gasteiger charge is -2.30. The maximum Gasteiger partial charge on any atom is 0.179 e. The number of hydrogen-bond acceptors (Lipinski definition) is 5. The van der Waals surface area contributed by atoms with Crippen LogP contribution in [0.15, 0.2) is 23.2 Å². The van der Waals surface area contributed by atoms with E-state index in [1.165, 1.54) is 6.26 Å². The Kier molecular flexibility index (Phi) is 4.42. The number of pyridine rings is 1. The first-order chi connectivity index (χ1) is 9.04. The highest BCUT2D eigenvalue weighted by Gasteiger charge is 2.26. The van der Waals surface area contributed by atoms with Gasteiger partial charge in [0.2, 0.25) is 0 Å². The van der Waals surface area contributed by atoms with Crippen molar-refractivity contribution in [2.45, 2.75) is 30.7 Å². The van der Waals surface area contributed by atoms with Crippen LogP contribution in [0.2, 0.25) is 0 Å². The molecule has 6 heteroatoms. The van der Waals surface area contributed by atoms with Gasteiger partial charge in [0, 0.05) is 31.6 Å². The highest BCUT2D eigenvalue weighted by molar-refractivity contribution is 7.90. The van der Waals surface area contributed by atoms with Crippen molar-refractivity contribution in [3.63, 3.8) is 0 Å². The fourth-order valence-corrected chi connectivity index (χ4v) is 3.32. The Bertz CT molecular complexity index is 524.